The maximum atomic E-state index is 15.2. The van der Waals surface area contributed by atoms with Crippen molar-refractivity contribution in [3.05, 3.63) is 91.2 Å². The molecule has 1 saturated heterocycles. The van der Waals surface area contributed by atoms with Crippen molar-refractivity contribution in [2.75, 3.05) is 6.54 Å². The Balaban J connectivity index is 1.51. The standard InChI is InChI=1S/C25H23ClFN3O6S/c1-2-12-10-30(24(33)28-22(12)32)23-18(27)20(31)16(36-23)11-29(25(34)35)19-13-6-3-4-9-17(13)37-21-14(19)7-5-8-15(21)26/h3-10,16,18-20,23,31H,2,11H2,1H3,(H,34,35)(H,28,32,33)/t16-,18-,19?,20-,23-/m1/s1. The van der Waals surface area contributed by atoms with Crippen LogP contribution in [-0.2, 0) is 11.2 Å². The van der Waals surface area contributed by atoms with Crippen LogP contribution in [0.5, 0.6) is 0 Å². The lowest BCUT2D eigenvalue weighted by molar-refractivity contribution is -0.0412. The Bertz CT molecular complexity index is 1480. The van der Waals surface area contributed by atoms with E-state index in [1.54, 1.807) is 31.2 Å². The second-order valence-corrected chi connectivity index (χ2v) is 10.3. The van der Waals surface area contributed by atoms with Crippen molar-refractivity contribution in [3.8, 4) is 0 Å². The van der Waals surface area contributed by atoms with Crippen LogP contribution < -0.4 is 11.2 Å². The monoisotopic (exact) mass is 547 g/mol. The molecule has 12 heteroatoms. The topological polar surface area (TPSA) is 125 Å². The molecule has 1 unspecified atom stereocenters. The van der Waals surface area contributed by atoms with Crippen LogP contribution >= 0.6 is 23.4 Å². The van der Waals surface area contributed by atoms with Crippen molar-refractivity contribution in [2.24, 2.45) is 0 Å². The number of halogens is 2. The predicted octanol–water partition coefficient (Wildman–Crippen LogP) is 3.58. The van der Waals surface area contributed by atoms with Crippen LogP contribution in [-0.4, -0.2) is 55.7 Å². The number of aromatic nitrogens is 2. The number of carboxylic acid groups (broad SMARTS) is 1. The number of alkyl halides is 1. The molecule has 2 aliphatic heterocycles. The number of hydrogen-bond donors (Lipinski definition) is 3. The molecule has 3 aromatic rings. The number of aromatic amines is 1. The molecule has 3 N–H and O–H groups in total. The molecule has 3 heterocycles. The number of fused-ring (bicyclic) bond motifs is 2. The fraction of sp³-hybridized carbons (Fsp3) is 0.320. The molecule has 1 aromatic heterocycles. The summed E-state index contributed by atoms with van der Waals surface area (Å²) in [5.41, 5.74) is 0.140. The third-order valence-electron chi connectivity index (χ3n) is 6.64. The first kappa shape index (κ1) is 25.5. The summed E-state index contributed by atoms with van der Waals surface area (Å²) in [6.07, 6.45) is -6.39. The zero-order valence-corrected chi connectivity index (χ0v) is 21.1. The number of H-pyrrole nitrogens is 1. The maximum Gasteiger partial charge on any atom is 0.408 e. The fourth-order valence-electron chi connectivity index (χ4n) is 4.80. The zero-order valence-electron chi connectivity index (χ0n) is 19.5. The maximum absolute atomic E-state index is 15.2. The van der Waals surface area contributed by atoms with Crippen LogP contribution in [0.3, 0.4) is 0 Å². The Morgan fingerprint density at radius 2 is 1.95 bits per heavy atom. The summed E-state index contributed by atoms with van der Waals surface area (Å²) >= 11 is 7.88. The minimum atomic E-state index is -2.04. The first-order valence-electron chi connectivity index (χ1n) is 11.6. The van der Waals surface area contributed by atoms with Crippen LogP contribution in [0, 0.1) is 0 Å². The van der Waals surface area contributed by atoms with E-state index >= 15 is 4.39 Å². The number of hydrogen-bond acceptors (Lipinski definition) is 6. The van der Waals surface area contributed by atoms with Gasteiger partial charge in [-0.25, -0.2) is 14.0 Å². The third-order valence-corrected chi connectivity index (χ3v) is 8.32. The molecule has 0 spiro atoms. The summed E-state index contributed by atoms with van der Waals surface area (Å²) in [4.78, 5) is 41.6. The second kappa shape index (κ2) is 9.97. The molecule has 0 aliphatic carbocycles. The smallest absolute Gasteiger partial charge is 0.408 e. The number of amides is 1. The minimum absolute atomic E-state index is 0.241. The van der Waals surface area contributed by atoms with Crippen molar-refractivity contribution in [3.63, 3.8) is 0 Å². The lowest BCUT2D eigenvalue weighted by Crippen LogP contribution is -2.44. The Morgan fingerprint density at radius 1 is 1.22 bits per heavy atom. The van der Waals surface area contributed by atoms with E-state index < -0.39 is 48.0 Å². The molecular formula is C25H23ClFN3O6S. The van der Waals surface area contributed by atoms with Crippen molar-refractivity contribution in [1.82, 2.24) is 14.5 Å². The van der Waals surface area contributed by atoms with Gasteiger partial charge in [0.2, 0.25) is 0 Å². The highest BCUT2D eigenvalue weighted by Crippen LogP contribution is 2.50. The molecule has 194 valence electrons. The number of nitrogens with zero attached hydrogens (tertiary/aromatic N) is 2. The van der Waals surface area contributed by atoms with Gasteiger partial charge in [-0.05, 0) is 29.7 Å². The quantitative estimate of drug-likeness (QED) is 0.446. The molecule has 1 fully saturated rings. The summed E-state index contributed by atoms with van der Waals surface area (Å²) < 4.78 is 21.9. The van der Waals surface area contributed by atoms with E-state index in [4.69, 9.17) is 16.3 Å². The molecular weight excluding hydrogens is 525 g/mol. The number of aliphatic hydroxyl groups is 1. The third kappa shape index (κ3) is 4.46. The number of ether oxygens (including phenoxy) is 1. The van der Waals surface area contributed by atoms with E-state index in [9.17, 15) is 24.6 Å². The van der Waals surface area contributed by atoms with Crippen molar-refractivity contribution in [1.29, 1.82) is 0 Å². The average molecular weight is 548 g/mol. The van der Waals surface area contributed by atoms with Crippen LogP contribution in [0.1, 0.15) is 35.9 Å². The summed E-state index contributed by atoms with van der Waals surface area (Å²) in [6.45, 7) is 1.32. The van der Waals surface area contributed by atoms with Gasteiger partial charge in [-0.1, -0.05) is 60.6 Å². The lowest BCUT2D eigenvalue weighted by Gasteiger charge is -2.37. The Kier molecular flexibility index (Phi) is 6.88. The number of nitrogens with one attached hydrogen (secondary N) is 1. The molecule has 2 aliphatic rings. The van der Waals surface area contributed by atoms with Gasteiger partial charge in [0.25, 0.3) is 5.56 Å². The van der Waals surface area contributed by atoms with Gasteiger partial charge in [0.15, 0.2) is 12.4 Å². The molecule has 9 nitrogen and oxygen atoms in total. The highest BCUT2D eigenvalue weighted by molar-refractivity contribution is 7.99. The number of carbonyl (C=O) groups is 1. The minimum Gasteiger partial charge on any atom is -0.465 e. The van der Waals surface area contributed by atoms with E-state index in [0.717, 1.165) is 19.9 Å². The first-order chi connectivity index (χ1) is 17.7. The average Bonchev–Trinajstić information content (AvgIpc) is 3.15. The molecule has 2 aromatic carbocycles. The number of aliphatic hydroxyl groups excluding tert-OH is 1. The molecule has 0 saturated carbocycles. The molecule has 0 bridgehead atoms. The number of benzene rings is 2. The highest BCUT2D eigenvalue weighted by atomic mass is 35.5. The second-order valence-electron chi connectivity index (χ2n) is 8.81. The first-order valence-corrected chi connectivity index (χ1v) is 12.8. The van der Waals surface area contributed by atoms with Crippen LogP contribution in [0.15, 0.2) is 68.0 Å². The van der Waals surface area contributed by atoms with Crippen LogP contribution in [0.4, 0.5) is 9.18 Å². The van der Waals surface area contributed by atoms with Crippen molar-refractivity contribution < 1.29 is 24.1 Å². The van der Waals surface area contributed by atoms with Gasteiger partial charge in [0, 0.05) is 21.6 Å². The Morgan fingerprint density at radius 3 is 2.68 bits per heavy atom. The SMILES string of the molecule is CCc1cn([C@@H]2O[C@H](CN(C(=O)O)C3c4ccccc4Sc4c(Cl)cccc43)[C@@H](O)[C@H]2F)c(=O)[nH]c1=O. The van der Waals surface area contributed by atoms with Crippen molar-refractivity contribution >= 4 is 29.5 Å². The Labute approximate surface area is 219 Å². The van der Waals surface area contributed by atoms with Gasteiger partial charge < -0.3 is 14.9 Å². The molecule has 5 rings (SSSR count). The summed E-state index contributed by atoms with van der Waals surface area (Å²) in [7, 11) is 0. The number of rotatable bonds is 5. The van der Waals surface area contributed by atoms with Crippen molar-refractivity contribution in [2.45, 2.75) is 53.8 Å². The Hall–Kier alpha value is -3.12. The predicted molar refractivity (Wildman–Crippen MR) is 134 cm³/mol. The van der Waals surface area contributed by atoms with E-state index in [2.05, 4.69) is 4.98 Å². The summed E-state index contributed by atoms with van der Waals surface area (Å²) in [5.74, 6) is 0. The van der Waals surface area contributed by atoms with E-state index in [-0.39, 0.29) is 12.1 Å². The summed E-state index contributed by atoms with van der Waals surface area (Å²) in [5, 5.41) is 21.4. The van der Waals surface area contributed by atoms with Gasteiger partial charge in [-0.2, -0.15) is 0 Å². The lowest BCUT2D eigenvalue weighted by atomic mass is 9.95. The number of aryl methyl sites for hydroxylation is 1. The molecule has 5 atom stereocenters. The normalized spacial score (nSPS) is 24.4. The van der Waals surface area contributed by atoms with Gasteiger partial charge in [-0.3, -0.25) is 19.2 Å². The van der Waals surface area contributed by atoms with Gasteiger partial charge >= 0.3 is 11.8 Å². The summed E-state index contributed by atoms with van der Waals surface area (Å²) in [6, 6.07) is 11.7. The van der Waals surface area contributed by atoms with Gasteiger partial charge in [0.05, 0.1) is 17.6 Å². The van der Waals surface area contributed by atoms with Gasteiger partial charge in [0.1, 0.15) is 12.2 Å². The van der Waals surface area contributed by atoms with E-state index in [1.807, 2.05) is 18.2 Å². The van der Waals surface area contributed by atoms with Crippen LogP contribution in [0.25, 0.3) is 0 Å². The molecule has 1 amide bonds. The van der Waals surface area contributed by atoms with Gasteiger partial charge in [-0.15, -0.1) is 0 Å². The zero-order chi connectivity index (χ0) is 26.4. The van der Waals surface area contributed by atoms with Crippen LogP contribution in [0.2, 0.25) is 5.02 Å². The fourth-order valence-corrected chi connectivity index (χ4v) is 6.22. The molecule has 0 radical (unpaired) electrons. The molecule has 37 heavy (non-hydrogen) atoms. The van der Waals surface area contributed by atoms with E-state index in [1.165, 1.54) is 18.0 Å². The largest absolute Gasteiger partial charge is 0.465 e. The van der Waals surface area contributed by atoms with E-state index in [0.29, 0.717) is 21.9 Å². The highest BCUT2D eigenvalue weighted by Gasteiger charge is 2.48.